The molecule has 0 aliphatic carbocycles. The molecule has 1 aliphatic rings. The van der Waals surface area contributed by atoms with E-state index < -0.39 is 0 Å². The Morgan fingerprint density at radius 1 is 1.33 bits per heavy atom. The first-order valence-corrected chi connectivity index (χ1v) is 10.8. The van der Waals surface area contributed by atoms with Crippen LogP contribution < -0.4 is 0 Å². The van der Waals surface area contributed by atoms with E-state index >= 15 is 0 Å². The van der Waals surface area contributed by atoms with Gasteiger partial charge in [0.1, 0.15) is 0 Å². The predicted molar refractivity (Wildman–Crippen MR) is 107 cm³/mol. The highest BCUT2D eigenvalue weighted by atomic mass is 32.2. The van der Waals surface area contributed by atoms with Crippen molar-refractivity contribution in [3.05, 3.63) is 29.8 Å². The van der Waals surface area contributed by atoms with E-state index in [0.717, 1.165) is 36.6 Å². The van der Waals surface area contributed by atoms with E-state index in [1.165, 1.54) is 4.90 Å². The third-order valence-corrected chi connectivity index (χ3v) is 6.20. The van der Waals surface area contributed by atoms with Gasteiger partial charge in [0.15, 0.2) is 0 Å². The van der Waals surface area contributed by atoms with Crippen LogP contribution in [0.15, 0.2) is 29.2 Å². The fourth-order valence-electron chi connectivity index (χ4n) is 2.96. The number of nitrogens with zero attached hydrogens (tertiary/aromatic N) is 2. The fraction of sp³-hybridized carbons (Fsp3) is 0.632. The molecule has 0 spiro atoms. The molecule has 0 bridgehead atoms. The number of carbonyl (C=O) groups is 1. The van der Waals surface area contributed by atoms with Crippen molar-refractivity contribution in [1.82, 2.24) is 9.80 Å². The zero-order valence-electron chi connectivity index (χ0n) is 15.3. The zero-order valence-corrected chi connectivity index (χ0v) is 17.0. The Kier molecular flexibility index (Phi) is 7.98. The molecular formula is C19H30N2OS2. The van der Waals surface area contributed by atoms with Crippen molar-refractivity contribution in [2.24, 2.45) is 0 Å². The molecule has 1 aromatic carbocycles. The summed E-state index contributed by atoms with van der Waals surface area (Å²) in [6.07, 6.45) is 1.62. The van der Waals surface area contributed by atoms with Crippen LogP contribution in [-0.4, -0.2) is 65.7 Å². The van der Waals surface area contributed by atoms with Crippen molar-refractivity contribution < 1.29 is 4.79 Å². The lowest BCUT2D eigenvalue weighted by molar-refractivity contribution is -0.132. The Morgan fingerprint density at radius 3 is 2.67 bits per heavy atom. The van der Waals surface area contributed by atoms with Crippen LogP contribution in [-0.2, 0) is 11.2 Å². The van der Waals surface area contributed by atoms with Crippen LogP contribution >= 0.6 is 23.5 Å². The van der Waals surface area contributed by atoms with Crippen LogP contribution in [0.3, 0.4) is 0 Å². The summed E-state index contributed by atoms with van der Waals surface area (Å²) in [5.41, 5.74) is 1.12. The molecule has 0 N–H and O–H groups in total. The molecule has 134 valence electrons. The van der Waals surface area contributed by atoms with Gasteiger partial charge in [-0.3, -0.25) is 4.79 Å². The molecule has 0 saturated carbocycles. The van der Waals surface area contributed by atoms with E-state index in [1.807, 2.05) is 23.5 Å². The maximum Gasteiger partial charge on any atom is 0.227 e. The molecule has 1 fully saturated rings. The summed E-state index contributed by atoms with van der Waals surface area (Å²) in [6, 6.07) is 8.83. The Labute approximate surface area is 155 Å². The normalized spacial score (nSPS) is 18.9. The molecule has 0 aromatic heterocycles. The molecule has 24 heavy (non-hydrogen) atoms. The zero-order chi connectivity index (χ0) is 17.5. The Hall–Kier alpha value is -0.650. The molecule has 2 rings (SSSR count). The van der Waals surface area contributed by atoms with Gasteiger partial charge in [-0.1, -0.05) is 26.0 Å². The van der Waals surface area contributed by atoms with Gasteiger partial charge < -0.3 is 9.80 Å². The summed E-state index contributed by atoms with van der Waals surface area (Å²) in [5, 5.41) is 0.582. The van der Waals surface area contributed by atoms with Crippen molar-refractivity contribution in [2.75, 3.05) is 38.7 Å². The summed E-state index contributed by atoms with van der Waals surface area (Å²) in [5.74, 6) is 2.48. The fourth-order valence-corrected chi connectivity index (χ4v) is 4.86. The number of hydrogen-bond acceptors (Lipinski definition) is 4. The van der Waals surface area contributed by atoms with Gasteiger partial charge in [-0.25, -0.2) is 0 Å². The van der Waals surface area contributed by atoms with Gasteiger partial charge in [0.2, 0.25) is 5.91 Å². The topological polar surface area (TPSA) is 23.6 Å². The molecule has 0 unspecified atom stereocenters. The number of rotatable bonds is 6. The first kappa shape index (κ1) is 19.7. The summed E-state index contributed by atoms with van der Waals surface area (Å²) in [4.78, 5) is 18.5. The van der Waals surface area contributed by atoms with Crippen molar-refractivity contribution >= 4 is 29.4 Å². The van der Waals surface area contributed by atoms with Crippen molar-refractivity contribution in [2.45, 2.75) is 42.9 Å². The van der Waals surface area contributed by atoms with Crippen LogP contribution in [0, 0.1) is 0 Å². The number of thioether (sulfide) groups is 2. The highest BCUT2D eigenvalue weighted by molar-refractivity contribution is 8.00. The standard InChI is InChI=1S/C19H30N2OS2/c1-15(2)24-18-8-6-16(7-9-18)12-19(22)21-10-5-11-23-14-17(21)13-20(3)4/h6-9,15,17H,5,10-14H2,1-4H3/t17-/m1/s1. The van der Waals surface area contributed by atoms with Crippen LogP contribution in [0.25, 0.3) is 0 Å². The average Bonchev–Trinajstić information content (AvgIpc) is 2.73. The van der Waals surface area contributed by atoms with Crippen molar-refractivity contribution in [3.8, 4) is 0 Å². The number of benzene rings is 1. The van der Waals surface area contributed by atoms with Crippen LogP contribution in [0.1, 0.15) is 25.8 Å². The van der Waals surface area contributed by atoms with E-state index in [4.69, 9.17) is 0 Å². The number of carbonyl (C=O) groups excluding carboxylic acids is 1. The van der Waals surface area contributed by atoms with Crippen molar-refractivity contribution in [3.63, 3.8) is 0 Å². The van der Waals surface area contributed by atoms with E-state index in [9.17, 15) is 4.79 Å². The van der Waals surface area contributed by atoms with Gasteiger partial charge in [0, 0.05) is 29.0 Å². The van der Waals surface area contributed by atoms with Gasteiger partial charge in [-0.05, 0) is 44.0 Å². The lowest BCUT2D eigenvalue weighted by Crippen LogP contribution is -2.47. The Morgan fingerprint density at radius 2 is 2.04 bits per heavy atom. The molecule has 1 atom stereocenters. The molecule has 0 radical (unpaired) electrons. The average molecular weight is 367 g/mol. The first-order chi connectivity index (χ1) is 11.5. The van der Waals surface area contributed by atoms with Gasteiger partial charge >= 0.3 is 0 Å². The van der Waals surface area contributed by atoms with Gasteiger partial charge in [-0.2, -0.15) is 11.8 Å². The number of likely N-dealkylation sites (N-methyl/N-ethyl adjacent to an activating group) is 1. The third-order valence-electron chi connectivity index (χ3n) is 3.99. The first-order valence-electron chi connectivity index (χ1n) is 8.73. The Balaban J connectivity index is 2.00. The number of amides is 1. The van der Waals surface area contributed by atoms with E-state index in [2.05, 4.69) is 62.0 Å². The smallest absolute Gasteiger partial charge is 0.227 e. The quantitative estimate of drug-likeness (QED) is 0.718. The minimum atomic E-state index is 0.272. The lowest BCUT2D eigenvalue weighted by atomic mass is 10.1. The summed E-state index contributed by atoms with van der Waals surface area (Å²) in [6.45, 7) is 6.24. The van der Waals surface area contributed by atoms with E-state index in [1.54, 1.807) is 0 Å². The van der Waals surface area contributed by atoms with Crippen molar-refractivity contribution in [1.29, 1.82) is 0 Å². The second-order valence-electron chi connectivity index (χ2n) is 6.92. The molecule has 1 amide bonds. The highest BCUT2D eigenvalue weighted by Gasteiger charge is 2.26. The molecule has 1 heterocycles. The predicted octanol–water partition coefficient (Wildman–Crippen LogP) is 3.63. The largest absolute Gasteiger partial charge is 0.337 e. The van der Waals surface area contributed by atoms with Crippen LogP contribution in [0.2, 0.25) is 0 Å². The lowest BCUT2D eigenvalue weighted by Gasteiger charge is -2.32. The maximum absolute atomic E-state index is 12.9. The minimum Gasteiger partial charge on any atom is -0.337 e. The van der Waals surface area contributed by atoms with Gasteiger partial charge in [0.05, 0.1) is 12.5 Å². The minimum absolute atomic E-state index is 0.272. The molecule has 1 saturated heterocycles. The number of hydrogen-bond donors (Lipinski definition) is 0. The van der Waals surface area contributed by atoms with Crippen LogP contribution in [0.4, 0.5) is 0 Å². The molecular weight excluding hydrogens is 336 g/mol. The third kappa shape index (κ3) is 6.34. The molecule has 1 aromatic rings. The van der Waals surface area contributed by atoms with Gasteiger partial charge in [0.25, 0.3) is 0 Å². The van der Waals surface area contributed by atoms with Crippen LogP contribution in [0.5, 0.6) is 0 Å². The van der Waals surface area contributed by atoms with E-state index in [0.29, 0.717) is 17.7 Å². The second kappa shape index (κ2) is 9.73. The monoisotopic (exact) mass is 366 g/mol. The summed E-state index contributed by atoms with van der Waals surface area (Å²) < 4.78 is 0. The molecule has 1 aliphatic heterocycles. The second-order valence-corrected chi connectivity index (χ2v) is 9.72. The van der Waals surface area contributed by atoms with Gasteiger partial charge in [-0.15, -0.1) is 11.8 Å². The SMILES string of the molecule is CC(C)Sc1ccc(CC(=O)N2CCCSC[C@H]2CN(C)C)cc1. The molecule has 3 nitrogen and oxygen atoms in total. The maximum atomic E-state index is 12.9. The highest BCUT2D eigenvalue weighted by Crippen LogP contribution is 2.23. The van der Waals surface area contributed by atoms with E-state index in [-0.39, 0.29) is 5.91 Å². The molecule has 5 heteroatoms. The Bertz CT molecular complexity index is 517. The summed E-state index contributed by atoms with van der Waals surface area (Å²) >= 11 is 3.84. The summed E-state index contributed by atoms with van der Waals surface area (Å²) in [7, 11) is 4.17.